The van der Waals surface area contributed by atoms with Gasteiger partial charge in [-0.05, 0) is 19.3 Å². The van der Waals surface area contributed by atoms with Gasteiger partial charge in [0.15, 0.2) is 0 Å². The van der Waals surface area contributed by atoms with Crippen molar-refractivity contribution in [3.05, 3.63) is 11.4 Å². The van der Waals surface area contributed by atoms with Gasteiger partial charge in [0.05, 0.1) is 13.5 Å². The third-order valence-corrected chi connectivity index (χ3v) is 3.25. The Morgan fingerprint density at radius 3 is 2.93 bits per heavy atom. The van der Waals surface area contributed by atoms with Gasteiger partial charge in [-0.1, -0.05) is 18.7 Å². The van der Waals surface area contributed by atoms with Gasteiger partial charge in [0, 0.05) is 19.8 Å². The molecule has 2 rings (SSSR count). The van der Waals surface area contributed by atoms with Crippen molar-refractivity contribution in [2.45, 2.75) is 37.9 Å². The maximum absolute atomic E-state index is 6.22. The number of anilines is 1. The minimum atomic E-state index is -0.0926. The van der Waals surface area contributed by atoms with Crippen LogP contribution in [-0.4, -0.2) is 24.4 Å². The Labute approximate surface area is 92.7 Å². The van der Waals surface area contributed by atoms with Gasteiger partial charge in [0.1, 0.15) is 0 Å². The van der Waals surface area contributed by atoms with Crippen molar-refractivity contribution in [2.75, 3.05) is 12.4 Å². The number of hydrogen-bond acceptors (Lipinski definition) is 2. The maximum Gasteiger partial charge on any atom is 0.202 e. The number of nitrogens with one attached hydrogen (secondary N) is 1. The van der Waals surface area contributed by atoms with Crippen LogP contribution in [0, 0.1) is 0 Å². The number of aromatic nitrogens is 2. The predicted molar refractivity (Wildman–Crippen MR) is 63.5 cm³/mol. The fourth-order valence-electron chi connectivity index (χ4n) is 2.40. The van der Waals surface area contributed by atoms with Crippen LogP contribution < -0.4 is 5.32 Å². The molecule has 2 radical (unpaired) electrons. The summed E-state index contributed by atoms with van der Waals surface area (Å²) in [6.45, 7) is 2.12. The van der Waals surface area contributed by atoms with Crippen molar-refractivity contribution in [1.29, 1.82) is 0 Å². The second-order valence-corrected chi connectivity index (χ2v) is 4.82. The summed E-state index contributed by atoms with van der Waals surface area (Å²) in [7, 11) is 10.2. The van der Waals surface area contributed by atoms with Gasteiger partial charge in [0.2, 0.25) is 5.95 Å². The molecule has 3 nitrogen and oxygen atoms in total. The highest BCUT2D eigenvalue weighted by Gasteiger charge is 2.26. The molecule has 1 aliphatic rings. The van der Waals surface area contributed by atoms with E-state index in [2.05, 4.69) is 28.8 Å². The van der Waals surface area contributed by atoms with E-state index < -0.39 is 0 Å². The van der Waals surface area contributed by atoms with E-state index in [1.807, 2.05) is 7.05 Å². The summed E-state index contributed by atoms with van der Waals surface area (Å²) in [5.41, 5.74) is 2.51. The third-order valence-electron chi connectivity index (χ3n) is 3.25. The summed E-state index contributed by atoms with van der Waals surface area (Å²) in [6, 6.07) is 0. The molecule has 1 aliphatic carbocycles. The number of fused-ring (bicyclic) bond motifs is 1. The molecule has 0 fully saturated rings. The van der Waals surface area contributed by atoms with E-state index in [9.17, 15) is 0 Å². The van der Waals surface area contributed by atoms with Gasteiger partial charge in [-0.25, -0.2) is 4.98 Å². The monoisotopic (exact) mass is 203 g/mol. The molecule has 1 aromatic heterocycles. The molecule has 0 saturated carbocycles. The van der Waals surface area contributed by atoms with Crippen LogP contribution >= 0.6 is 0 Å². The van der Waals surface area contributed by atoms with Gasteiger partial charge in [-0.3, -0.25) is 0 Å². The first-order valence-electron chi connectivity index (χ1n) is 5.54. The molecule has 1 heterocycles. The molecule has 1 unspecified atom stereocenters. The van der Waals surface area contributed by atoms with Crippen molar-refractivity contribution >= 4 is 13.8 Å². The lowest BCUT2D eigenvalue weighted by Crippen LogP contribution is -2.10. The van der Waals surface area contributed by atoms with Crippen molar-refractivity contribution in [3.8, 4) is 0 Å². The van der Waals surface area contributed by atoms with Crippen LogP contribution in [0.4, 0.5) is 5.95 Å². The van der Waals surface area contributed by atoms with Gasteiger partial charge in [0.25, 0.3) is 0 Å². The molecule has 0 spiro atoms. The van der Waals surface area contributed by atoms with Gasteiger partial charge >= 0.3 is 0 Å². The summed E-state index contributed by atoms with van der Waals surface area (Å²) in [4.78, 5) is 4.60. The maximum atomic E-state index is 6.22. The largest absolute Gasteiger partial charge is 0.359 e. The van der Waals surface area contributed by atoms with Crippen LogP contribution in [-0.2, 0) is 19.9 Å². The molecule has 0 aromatic carbocycles. The summed E-state index contributed by atoms with van der Waals surface area (Å²) in [5.74, 6) is 0.942. The number of imidazole rings is 1. The highest BCUT2D eigenvalue weighted by Crippen LogP contribution is 2.37. The Bertz CT molecular complexity index is 368. The Hall–Kier alpha value is -0.925. The summed E-state index contributed by atoms with van der Waals surface area (Å²) >= 11 is 0. The smallest absolute Gasteiger partial charge is 0.202 e. The minimum Gasteiger partial charge on any atom is -0.359 e. The third kappa shape index (κ3) is 1.90. The molecule has 1 N–H and O–H groups in total. The molecule has 0 amide bonds. The molecule has 80 valence electrons. The van der Waals surface area contributed by atoms with Crippen LogP contribution in [0.25, 0.3) is 0 Å². The average molecular weight is 203 g/mol. The quantitative estimate of drug-likeness (QED) is 0.556. The van der Waals surface area contributed by atoms with Crippen molar-refractivity contribution in [2.24, 2.45) is 7.05 Å². The molecule has 15 heavy (non-hydrogen) atoms. The second kappa shape index (κ2) is 3.58. The Kier molecular flexibility index (Phi) is 2.53. The topological polar surface area (TPSA) is 29.9 Å². The molecule has 1 atom stereocenters. The lowest BCUT2D eigenvalue weighted by atomic mass is 9.65. The SMILES string of the molecule is [B]C1(C)CCCc2c(nc(NC)n2C)C1. The van der Waals surface area contributed by atoms with E-state index in [1.165, 1.54) is 11.4 Å². The first-order chi connectivity index (χ1) is 7.03. The lowest BCUT2D eigenvalue weighted by Gasteiger charge is -2.21. The molecule has 4 heteroatoms. The molecule has 0 bridgehead atoms. The molecule has 1 aromatic rings. The van der Waals surface area contributed by atoms with E-state index in [4.69, 9.17) is 7.85 Å². The fraction of sp³-hybridized carbons (Fsp3) is 0.727. The first kappa shape index (κ1) is 10.6. The van der Waals surface area contributed by atoms with Crippen molar-refractivity contribution in [1.82, 2.24) is 9.55 Å². The van der Waals surface area contributed by atoms with Crippen LogP contribution in [0.5, 0.6) is 0 Å². The fourth-order valence-corrected chi connectivity index (χ4v) is 2.40. The number of rotatable bonds is 1. The zero-order valence-corrected chi connectivity index (χ0v) is 9.80. The highest BCUT2D eigenvalue weighted by molar-refractivity contribution is 6.15. The first-order valence-corrected chi connectivity index (χ1v) is 5.54. The number of hydrogen-bond donors (Lipinski definition) is 1. The Morgan fingerprint density at radius 1 is 1.53 bits per heavy atom. The minimum absolute atomic E-state index is 0.0926. The van der Waals surface area contributed by atoms with Crippen LogP contribution in [0.15, 0.2) is 0 Å². The van der Waals surface area contributed by atoms with E-state index in [0.29, 0.717) is 0 Å². The molecular formula is C11H18BN3. The number of nitrogens with zero attached hydrogens (tertiary/aromatic N) is 2. The lowest BCUT2D eigenvalue weighted by molar-refractivity contribution is 0.545. The van der Waals surface area contributed by atoms with E-state index in [1.54, 1.807) is 0 Å². The van der Waals surface area contributed by atoms with E-state index >= 15 is 0 Å². The highest BCUT2D eigenvalue weighted by atomic mass is 15.2. The van der Waals surface area contributed by atoms with Crippen LogP contribution in [0.2, 0.25) is 5.31 Å². The van der Waals surface area contributed by atoms with Gasteiger partial charge in [-0.2, -0.15) is 0 Å². The van der Waals surface area contributed by atoms with Gasteiger partial charge < -0.3 is 9.88 Å². The second-order valence-electron chi connectivity index (χ2n) is 4.82. The Morgan fingerprint density at radius 2 is 2.27 bits per heavy atom. The Balaban J connectivity index is 2.40. The van der Waals surface area contributed by atoms with Crippen molar-refractivity contribution < 1.29 is 0 Å². The predicted octanol–water partition coefficient (Wildman–Crippen LogP) is 1.69. The summed E-state index contributed by atoms with van der Waals surface area (Å²) in [6.07, 6.45) is 4.21. The van der Waals surface area contributed by atoms with Gasteiger partial charge in [-0.15, -0.1) is 0 Å². The normalized spacial score (nSPS) is 25.8. The average Bonchev–Trinajstić information content (AvgIpc) is 2.37. The van der Waals surface area contributed by atoms with E-state index in [0.717, 1.165) is 31.6 Å². The van der Waals surface area contributed by atoms with Crippen LogP contribution in [0.3, 0.4) is 0 Å². The van der Waals surface area contributed by atoms with Crippen LogP contribution in [0.1, 0.15) is 31.2 Å². The summed E-state index contributed by atoms with van der Waals surface area (Å²) in [5, 5.41) is 3.02. The summed E-state index contributed by atoms with van der Waals surface area (Å²) < 4.78 is 2.15. The molecular weight excluding hydrogens is 185 g/mol. The molecule has 0 aliphatic heterocycles. The zero-order chi connectivity index (χ0) is 11.1. The van der Waals surface area contributed by atoms with Crippen molar-refractivity contribution in [3.63, 3.8) is 0 Å². The zero-order valence-electron chi connectivity index (χ0n) is 9.80. The standard InChI is InChI=1S/C11H18BN3/c1-11(12)6-4-5-9-8(7-11)14-10(13-2)15(9)3/h4-7H2,1-3H3,(H,13,14). The molecule has 0 saturated heterocycles. The van der Waals surface area contributed by atoms with E-state index in [-0.39, 0.29) is 5.31 Å².